The van der Waals surface area contributed by atoms with Crippen LogP contribution in [0.1, 0.15) is 51.9 Å². The highest BCUT2D eigenvalue weighted by Crippen LogP contribution is 2.21. The van der Waals surface area contributed by atoms with Gasteiger partial charge in [-0.1, -0.05) is 25.0 Å². The maximum Gasteiger partial charge on any atom is 0.234 e. The zero-order chi connectivity index (χ0) is 15.0. The Kier molecular flexibility index (Phi) is 7.80. The normalized spacial score (nSPS) is 23.2. The van der Waals surface area contributed by atoms with Gasteiger partial charge in [0.1, 0.15) is 6.23 Å². The van der Waals surface area contributed by atoms with Crippen LogP contribution in [0.3, 0.4) is 0 Å². The number of amides is 1. The molecule has 3 atom stereocenters. The monoisotopic (exact) mass is 283 g/mol. The van der Waals surface area contributed by atoms with Crippen LogP contribution in [0.15, 0.2) is 12.2 Å². The molecular formula is C15H29N3O2. The van der Waals surface area contributed by atoms with Gasteiger partial charge in [-0.2, -0.15) is 0 Å². The van der Waals surface area contributed by atoms with Gasteiger partial charge in [-0.25, -0.2) is 0 Å². The second-order valence-electron chi connectivity index (χ2n) is 5.58. The number of likely N-dealkylation sites (tertiary alicyclic amines) is 1. The largest absolute Gasteiger partial charge is 0.377 e. The second-order valence-corrected chi connectivity index (χ2v) is 5.58. The van der Waals surface area contributed by atoms with Gasteiger partial charge in [0.2, 0.25) is 5.91 Å². The average molecular weight is 283 g/mol. The van der Waals surface area contributed by atoms with Crippen LogP contribution in [0.25, 0.3) is 0 Å². The summed E-state index contributed by atoms with van der Waals surface area (Å²) in [5.74, 6) is -0.361. The molecule has 1 amide bonds. The van der Waals surface area contributed by atoms with Crippen LogP contribution in [0.5, 0.6) is 0 Å². The quantitative estimate of drug-likeness (QED) is 0.436. The lowest BCUT2D eigenvalue weighted by Crippen LogP contribution is -2.53. The fraction of sp³-hybridized carbons (Fsp3) is 0.800. The summed E-state index contributed by atoms with van der Waals surface area (Å²) < 4.78 is 0. The molecule has 1 unspecified atom stereocenters. The van der Waals surface area contributed by atoms with Crippen LogP contribution in [0, 0.1) is 0 Å². The zero-order valence-corrected chi connectivity index (χ0v) is 12.5. The van der Waals surface area contributed by atoms with Crippen molar-refractivity contribution >= 4 is 5.91 Å². The fourth-order valence-electron chi connectivity index (χ4n) is 2.79. The molecule has 0 bridgehead atoms. The van der Waals surface area contributed by atoms with Crippen molar-refractivity contribution in [2.45, 2.75) is 70.2 Å². The minimum Gasteiger partial charge on any atom is -0.377 e. The molecule has 0 saturated carbocycles. The highest BCUT2D eigenvalue weighted by Gasteiger charge is 2.35. The topological polar surface area (TPSA) is 92.6 Å². The molecule has 0 spiro atoms. The fourth-order valence-corrected chi connectivity index (χ4v) is 2.79. The van der Waals surface area contributed by atoms with E-state index in [1.54, 1.807) is 4.90 Å². The van der Waals surface area contributed by atoms with E-state index in [2.05, 4.69) is 12.2 Å². The van der Waals surface area contributed by atoms with Crippen molar-refractivity contribution in [2.24, 2.45) is 11.5 Å². The highest BCUT2D eigenvalue weighted by molar-refractivity contribution is 5.80. The van der Waals surface area contributed by atoms with Crippen molar-refractivity contribution in [3.8, 4) is 0 Å². The molecule has 1 saturated heterocycles. The Labute approximate surface area is 122 Å². The number of nitrogens with two attached hydrogens (primary N) is 2. The number of primary amides is 1. The van der Waals surface area contributed by atoms with Crippen LogP contribution >= 0.6 is 0 Å². The third kappa shape index (κ3) is 5.23. The van der Waals surface area contributed by atoms with Crippen molar-refractivity contribution in [2.75, 3.05) is 6.54 Å². The molecule has 0 radical (unpaired) electrons. The Morgan fingerprint density at radius 3 is 2.85 bits per heavy atom. The van der Waals surface area contributed by atoms with Gasteiger partial charge < -0.3 is 16.6 Å². The number of nitrogens with zero attached hydrogens (tertiary/aromatic N) is 1. The van der Waals surface area contributed by atoms with E-state index in [0.29, 0.717) is 6.54 Å². The summed E-state index contributed by atoms with van der Waals surface area (Å²) in [5, 5.41) is 10.3. The van der Waals surface area contributed by atoms with Crippen LogP contribution in [-0.2, 0) is 4.79 Å². The Morgan fingerprint density at radius 2 is 2.20 bits per heavy atom. The molecular weight excluding hydrogens is 254 g/mol. The molecule has 116 valence electrons. The number of allylic oxidation sites excluding steroid dienone is 2. The van der Waals surface area contributed by atoms with Gasteiger partial charge >= 0.3 is 0 Å². The predicted molar refractivity (Wildman–Crippen MR) is 80.8 cm³/mol. The Morgan fingerprint density at radius 1 is 1.45 bits per heavy atom. The summed E-state index contributed by atoms with van der Waals surface area (Å²) in [4.78, 5) is 13.1. The molecule has 0 aromatic carbocycles. The molecule has 0 aliphatic carbocycles. The number of aliphatic hydroxyl groups excluding tert-OH is 1. The number of hydrogen-bond acceptors (Lipinski definition) is 4. The van der Waals surface area contributed by atoms with Crippen molar-refractivity contribution < 1.29 is 9.90 Å². The van der Waals surface area contributed by atoms with Crippen LogP contribution < -0.4 is 11.5 Å². The molecule has 20 heavy (non-hydrogen) atoms. The molecule has 1 rings (SSSR count). The zero-order valence-electron chi connectivity index (χ0n) is 12.5. The first-order chi connectivity index (χ1) is 9.57. The van der Waals surface area contributed by atoms with E-state index < -0.39 is 6.23 Å². The smallest absolute Gasteiger partial charge is 0.234 e. The summed E-state index contributed by atoms with van der Waals surface area (Å²) in [5.41, 5.74) is 11.4. The van der Waals surface area contributed by atoms with E-state index in [0.717, 1.165) is 44.9 Å². The van der Waals surface area contributed by atoms with Crippen molar-refractivity contribution in [3.05, 3.63) is 12.2 Å². The van der Waals surface area contributed by atoms with Crippen LogP contribution in [-0.4, -0.2) is 40.8 Å². The second kappa shape index (κ2) is 9.10. The number of rotatable bonds is 9. The first kappa shape index (κ1) is 17.1. The van der Waals surface area contributed by atoms with Gasteiger partial charge in [-0.3, -0.25) is 9.69 Å². The summed E-state index contributed by atoms with van der Waals surface area (Å²) >= 11 is 0. The maximum atomic E-state index is 11.3. The predicted octanol–water partition coefficient (Wildman–Crippen LogP) is 1.11. The molecule has 1 fully saturated rings. The van der Waals surface area contributed by atoms with Crippen molar-refractivity contribution in [1.82, 2.24) is 4.90 Å². The van der Waals surface area contributed by atoms with Gasteiger partial charge in [0.25, 0.3) is 0 Å². The molecule has 5 N–H and O–H groups in total. The summed E-state index contributed by atoms with van der Waals surface area (Å²) in [6.07, 6.45) is 10.2. The van der Waals surface area contributed by atoms with E-state index in [9.17, 15) is 9.90 Å². The minimum absolute atomic E-state index is 0.309. The third-order valence-corrected chi connectivity index (χ3v) is 3.99. The molecule has 1 aliphatic rings. The van der Waals surface area contributed by atoms with E-state index >= 15 is 0 Å². The minimum atomic E-state index is -0.759. The van der Waals surface area contributed by atoms with Gasteiger partial charge in [0.05, 0.1) is 6.04 Å². The van der Waals surface area contributed by atoms with Gasteiger partial charge in [-0.05, 0) is 39.0 Å². The summed E-state index contributed by atoms with van der Waals surface area (Å²) in [6, 6.07) is -0.664. The molecule has 1 aliphatic heterocycles. The van der Waals surface area contributed by atoms with E-state index in [1.165, 1.54) is 0 Å². The standard InChI is InChI=1S/C15H29N3O2/c1-2-3-4-5-6-7-9-12(16)15(20)18-11-8-10-13(18)14(17)19/h2-3,12-13,15,20H,4-11,16H2,1H3,(H2,17,19)/b3-2-/t12-,13-,15?/m0/s1. The van der Waals surface area contributed by atoms with E-state index in [1.807, 2.05) is 6.92 Å². The first-order valence-electron chi connectivity index (χ1n) is 7.67. The summed E-state index contributed by atoms with van der Waals surface area (Å²) in [7, 11) is 0. The Balaban J connectivity index is 2.28. The maximum absolute atomic E-state index is 11.3. The van der Waals surface area contributed by atoms with Gasteiger partial charge in [-0.15, -0.1) is 0 Å². The number of unbranched alkanes of at least 4 members (excludes halogenated alkanes) is 3. The first-order valence-corrected chi connectivity index (χ1v) is 7.67. The molecule has 1 heterocycles. The lowest BCUT2D eigenvalue weighted by atomic mass is 10.1. The lowest BCUT2D eigenvalue weighted by Gasteiger charge is -2.31. The van der Waals surface area contributed by atoms with Gasteiger partial charge in [0.15, 0.2) is 0 Å². The number of hydrogen-bond donors (Lipinski definition) is 3. The van der Waals surface area contributed by atoms with Crippen LogP contribution in [0.2, 0.25) is 0 Å². The molecule has 0 aromatic heterocycles. The van der Waals surface area contributed by atoms with E-state index in [-0.39, 0.29) is 18.0 Å². The van der Waals surface area contributed by atoms with Gasteiger partial charge in [0, 0.05) is 12.6 Å². The van der Waals surface area contributed by atoms with Crippen LogP contribution in [0.4, 0.5) is 0 Å². The molecule has 5 heteroatoms. The highest BCUT2D eigenvalue weighted by atomic mass is 16.3. The molecule has 0 aromatic rings. The SMILES string of the molecule is C/C=C\CCCCC[C@H](N)C(O)N1CCC[C@H]1C(N)=O. The molecule has 5 nitrogen and oxygen atoms in total. The number of carbonyl (C=O) groups is 1. The number of aliphatic hydroxyl groups is 1. The third-order valence-electron chi connectivity index (χ3n) is 3.99. The Bertz CT molecular complexity index is 320. The lowest BCUT2D eigenvalue weighted by molar-refractivity contribution is -0.127. The summed E-state index contributed by atoms with van der Waals surface area (Å²) in [6.45, 7) is 2.72. The van der Waals surface area contributed by atoms with Crippen molar-refractivity contribution in [1.29, 1.82) is 0 Å². The number of carbonyl (C=O) groups excluding carboxylic acids is 1. The Hall–Kier alpha value is -0.910. The van der Waals surface area contributed by atoms with E-state index in [4.69, 9.17) is 11.5 Å². The average Bonchev–Trinajstić information content (AvgIpc) is 2.91. The van der Waals surface area contributed by atoms with Crippen molar-refractivity contribution in [3.63, 3.8) is 0 Å².